The molecule has 0 radical (unpaired) electrons. The minimum atomic E-state index is -3.51. The molecule has 0 bridgehead atoms. The zero-order chi connectivity index (χ0) is 14.6. The van der Waals surface area contributed by atoms with Crippen LogP contribution < -0.4 is 10.0 Å². The van der Waals surface area contributed by atoms with Crippen LogP contribution in [0.5, 0.6) is 0 Å². The van der Waals surface area contributed by atoms with Gasteiger partial charge in [-0.2, -0.15) is 0 Å². The van der Waals surface area contributed by atoms with Crippen LogP contribution in [0.4, 0.5) is 5.82 Å². The topological polar surface area (TPSA) is 71.1 Å². The second-order valence-electron chi connectivity index (χ2n) is 5.41. The highest BCUT2D eigenvalue weighted by atomic mass is 32.2. The molecular formula is C14H23N3O2S. The number of sulfonamides is 1. The number of hydrogen-bond donors (Lipinski definition) is 2. The van der Waals surface area contributed by atoms with Crippen LogP contribution in [0.25, 0.3) is 0 Å². The monoisotopic (exact) mass is 297 g/mol. The van der Waals surface area contributed by atoms with Gasteiger partial charge in [0.15, 0.2) is 0 Å². The van der Waals surface area contributed by atoms with Crippen LogP contribution in [0.2, 0.25) is 0 Å². The lowest BCUT2D eigenvalue weighted by Gasteiger charge is -2.18. The smallest absolute Gasteiger partial charge is 0.244 e. The standard InChI is InChI=1S/C14H23N3O2S/c1-3-9-15-14-13(8-5-10-16-14)20(18,19)17-12-7-4-6-11(12)2/h5,8,10-12,17H,3-4,6-7,9H2,1-2H3,(H,15,16). The zero-order valence-corrected chi connectivity index (χ0v) is 12.9. The molecule has 2 unspecified atom stereocenters. The van der Waals surface area contributed by atoms with E-state index in [4.69, 9.17) is 0 Å². The quantitative estimate of drug-likeness (QED) is 0.845. The van der Waals surface area contributed by atoms with Gasteiger partial charge in [-0.05, 0) is 37.3 Å². The number of rotatable bonds is 6. The largest absolute Gasteiger partial charge is 0.369 e. The Labute approximate surface area is 121 Å². The van der Waals surface area contributed by atoms with E-state index >= 15 is 0 Å². The summed E-state index contributed by atoms with van der Waals surface area (Å²) in [6.45, 7) is 4.83. The van der Waals surface area contributed by atoms with E-state index < -0.39 is 10.0 Å². The first-order valence-electron chi connectivity index (χ1n) is 7.26. The summed E-state index contributed by atoms with van der Waals surface area (Å²) in [4.78, 5) is 4.39. The van der Waals surface area contributed by atoms with E-state index in [1.807, 2.05) is 6.92 Å². The molecule has 0 amide bonds. The fourth-order valence-corrected chi connectivity index (χ4v) is 4.08. The van der Waals surface area contributed by atoms with Crippen LogP contribution in [0.1, 0.15) is 39.5 Å². The van der Waals surface area contributed by atoms with Crippen LogP contribution >= 0.6 is 0 Å². The minimum absolute atomic E-state index is 0.0410. The van der Waals surface area contributed by atoms with Crippen LogP contribution in [-0.2, 0) is 10.0 Å². The number of nitrogens with one attached hydrogen (secondary N) is 2. The molecule has 5 nitrogen and oxygen atoms in total. The molecule has 1 saturated carbocycles. The summed E-state index contributed by atoms with van der Waals surface area (Å²) in [6.07, 6.45) is 5.61. The summed E-state index contributed by atoms with van der Waals surface area (Å²) in [5.74, 6) is 0.834. The first-order chi connectivity index (χ1) is 9.54. The number of aromatic nitrogens is 1. The van der Waals surface area contributed by atoms with Gasteiger partial charge in [-0.25, -0.2) is 18.1 Å². The van der Waals surface area contributed by atoms with Gasteiger partial charge in [-0.15, -0.1) is 0 Å². The number of pyridine rings is 1. The Balaban J connectivity index is 2.20. The summed E-state index contributed by atoms with van der Waals surface area (Å²) >= 11 is 0. The van der Waals surface area contributed by atoms with Gasteiger partial charge in [0.25, 0.3) is 0 Å². The van der Waals surface area contributed by atoms with Gasteiger partial charge in [0.2, 0.25) is 10.0 Å². The fraction of sp³-hybridized carbons (Fsp3) is 0.643. The third-order valence-corrected chi connectivity index (χ3v) is 5.29. The van der Waals surface area contributed by atoms with Crippen molar-refractivity contribution in [2.75, 3.05) is 11.9 Å². The van der Waals surface area contributed by atoms with E-state index in [2.05, 4.69) is 21.9 Å². The lowest BCUT2D eigenvalue weighted by atomic mass is 10.1. The van der Waals surface area contributed by atoms with Crippen LogP contribution in [-0.4, -0.2) is 26.0 Å². The Morgan fingerprint density at radius 2 is 2.20 bits per heavy atom. The number of anilines is 1. The SMILES string of the molecule is CCCNc1ncccc1S(=O)(=O)NC1CCCC1C. The predicted molar refractivity (Wildman–Crippen MR) is 80.1 cm³/mol. The second-order valence-corrected chi connectivity index (χ2v) is 7.10. The van der Waals surface area contributed by atoms with Crippen molar-refractivity contribution < 1.29 is 8.42 Å². The molecule has 2 atom stereocenters. The molecule has 2 rings (SSSR count). The normalized spacial score (nSPS) is 22.9. The molecule has 1 fully saturated rings. The van der Waals surface area contributed by atoms with Crippen molar-refractivity contribution in [2.24, 2.45) is 5.92 Å². The molecule has 0 aliphatic heterocycles. The van der Waals surface area contributed by atoms with Gasteiger partial charge >= 0.3 is 0 Å². The van der Waals surface area contributed by atoms with Gasteiger partial charge in [0.1, 0.15) is 10.7 Å². The predicted octanol–water partition coefficient (Wildman–Crippen LogP) is 2.37. The zero-order valence-electron chi connectivity index (χ0n) is 12.1. The molecule has 1 aliphatic rings. The van der Waals surface area contributed by atoms with Crippen molar-refractivity contribution in [3.05, 3.63) is 18.3 Å². The first-order valence-corrected chi connectivity index (χ1v) is 8.74. The lowest BCUT2D eigenvalue weighted by Crippen LogP contribution is -2.36. The average Bonchev–Trinajstić information content (AvgIpc) is 2.81. The third-order valence-electron chi connectivity index (χ3n) is 3.77. The van der Waals surface area contributed by atoms with Crippen molar-refractivity contribution >= 4 is 15.8 Å². The second kappa shape index (κ2) is 6.54. The maximum atomic E-state index is 12.5. The summed E-state index contributed by atoms with van der Waals surface area (Å²) in [7, 11) is -3.51. The Hall–Kier alpha value is -1.14. The molecule has 6 heteroatoms. The molecule has 1 aromatic rings. The Kier molecular flexibility index (Phi) is 4.99. The molecule has 1 aliphatic carbocycles. The van der Waals surface area contributed by atoms with E-state index in [0.29, 0.717) is 18.3 Å². The maximum absolute atomic E-state index is 12.5. The van der Waals surface area contributed by atoms with Gasteiger partial charge in [-0.3, -0.25) is 0 Å². The number of hydrogen-bond acceptors (Lipinski definition) is 4. The third kappa shape index (κ3) is 3.49. The molecule has 112 valence electrons. The van der Waals surface area contributed by atoms with Crippen LogP contribution in [0.3, 0.4) is 0 Å². The van der Waals surface area contributed by atoms with Crippen molar-refractivity contribution in [2.45, 2.75) is 50.5 Å². The van der Waals surface area contributed by atoms with E-state index in [-0.39, 0.29) is 10.9 Å². The average molecular weight is 297 g/mol. The van der Waals surface area contributed by atoms with E-state index in [9.17, 15) is 8.42 Å². The Morgan fingerprint density at radius 1 is 1.40 bits per heavy atom. The van der Waals surface area contributed by atoms with E-state index in [0.717, 1.165) is 25.7 Å². The van der Waals surface area contributed by atoms with Gasteiger partial charge < -0.3 is 5.32 Å². The molecule has 0 aromatic carbocycles. The summed E-state index contributed by atoms with van der Waals surface area (Å²) in [5, 5.41) is 3.07. The summed E-state index contributed by atoms with van der Waals surface area (Å²) in [5.41, 5.74) is 0. The van der Waals surface area contributed by atoms with Crippen molar-refractivity contribution in [1.82, 2.24) is 9.71 Å². The highest BCUT2D eigenvalue weighted by Crippen LogP contribution is 2.27. The molecule has 0 saturated heterocycles. The first kappa shape index (κ1) is 15.3. The van der Waals surface area contributed by atoms with Crippen molar-refractivity contribution in [3.63, 3.8) is 0 Å². The van der Waals surface area contributed by atoms with Crippen molar-refractivity contribution in [1.29, 1.82) is 0 Å². The molecule has 1 aromatic heterocycles. The van der Waals surface area contributed by atoms with Gasteiger partial charge in [-0.1, -0.05) is 20.3 Å². The van der Waals surface area contributed by atoms with E-state index in [1.54, 1.807) is 18.3 Å². The lowest BCUT2D eigenvalue weighted by molar-refractivity contribution is 0.476. The summed E-state index contributed by atoms with van der Waals surface area (Å²) in [6, 6.07) is 3.30. The Bertz CT molecular complexity index is 545. The molecule has 2 N–H and O–H groups in total. The van der Waals surface area contributed by atoms with Crippen LogP contribution in [0, 0.1) is 5.92 Å². The number of nitrogens with zero attached hydrogens (tertiary/aromatic N) is 1. The van der Waals surface area contributed by atoms with E-state index in [1.165, 1.54) is 0 Å². The van der Waals surface area contributed by atoms with Gasteiger partial charge in [0.05, 0.1) is 0 Å². The van der Waals surface area contributed by atoms with Gasteiger partial charge in [0, 0.05) is 18.8 Å². The molecule has 1 heterocycles. The Morgan fingerprint density at radius 3 is 2.85 bits per heavy atom. The molecule has 20 heavy (non-hydrogen) atoms. The van der Waals surface area contributed by atoms with Crippen LogP contribution in [0.15, 0.2) is 23.2 Å². The highest BCUT2D eigenvalue weighted by molar-refractivity contribution is 7.89. The fourth-order valence-electron chi connectivity index (χ4n) is 2.57. The highest BCUT2D eigenvalue weighted by Gasteiger charge is 2.29. The minimum Gasteiger partial charge on any atom is -0.369 e. The molecule has 0 spiro atoms. The van der Waals surface area contributed by atoms with Crippen molar-refractivity contribution in [3.8, 4) is 0 Å². The molecular weight excluding hydrogens is 274 g/mol. The maximum Gasteiger partial charge on any atom is 0.244 e. The summed E-state index contributed by atoms with van der Waals surface area (Å²) < 4.78 is 27.9.